The number of benzene rings is 1. The molecule has 0 bridgehead atoms. The van der Waals surface area contributed by atoms with Crippen LogP contribution in [0.5, 0.6) is 11.5 Å². The van der Waals surface area contributed by atoms with Crippen LogP contribution in [-0.2, 0) is 14.3 Å². The Labute approximate surface area is 169 Å². The van der Waals surface area contributed by atoms with E-state index in [0.29, 0.717) is 24.0 Å². The molecule has 5 nitrogen and oxygen atoms in total. The lowest BCUT2D eigenvalue weighted by atomic mass is 9.86. The zero-order valence-corrected chi connectivity index (χ0v) is 19.0. The van der Waals surface area contributed by atoms with Gasteiger partial charge < -0.3 is 18.9 Å². The van der Waals surface area contributed by atoms with Gasteiger partial charge in [-0.2, -0.15) is 0 Å². The predicted molar refractivity (Wildman–Crippen MR) is 111 cm³/mol. The van der Waals surface area contributed by atoms with E-state index in [-0.39, 0.29) is 30.7 Å². The summed E-state index contributed by atoms with van der Waals surface area (Å²) < 4.78 is 22.5. The summed E-state index contributed by atoms with van der Waals surface area (Å²) in [6.07, 6.45) is 0.707. The Morgan fingerprint density at radius 3 is 2.61 bits per heavy atom. The normalized spacial score (nSPS) is 24.4. The van der Waals surface area contributed by atoms with E-state index >= 15 is 0 Å². The van der Waals surface area contributed by atoms with Gasteiger partial charge in [-0.25, -0.2) is 0 Å². The van der Waals surface area contributed by atoms with Crippen LogP contribution in [0.2, 0.25) is 24.2 Å². The highest BCUT2D eigenvalue weighted by Crippen LogP contribution is 2.46. The summed E-state index contributed by atoms with van der Waals surface area (Å²) in [5, 5.41) is 0.336. The number of carbonyl (C=O) groups is 1. The highest BCUT2D eigenvalue weighted by atomic mass is 28.3. The van der Waals surface area contributed by atoms with Gasteiger partial charge in [-0.1, -0.05) is 46.0 Å². The van der Waals surface area contributed by atoms with Crippen molar-refractivity contribution < 1.29 is 23.7 Å². The van der Waals surface area contributed by atoms with E-state index in [2.05, 4.69) is 33.9 Å². The fraction of sp³-hybridized carbons (Fsp3) is 0.682. The summed E-state index contributed by atoms with van der Waals surface area (Å²) in [4.78, 5) is 12.8. The molecular weight excluding hydrogens is 372 g/mol. The second kappa shape index (κ2) is 8.07. The predicted octanol–water partition coefficient (Wildman–Crippen LogP) is 5.18. The Morgan fingerprint density at radius 2 is 1.93 bits per heavy atom. The molecule has 0 amide bonds. The molecule has 28 heavy (non-hydrogen) atoms. The molecule has 1 fully saturated rings. The van der Waals surface area contributed by atoms with Crippen LogP contribution in [0.4, 0.5) is 0 Å². The van der Waals surface area contributed by atoms with Crippen molar-refractivity contribution in [3.05, 3.63) is 23.8 Å². The number of rotatable bonds is 6. The molecule has 0 radical (unpaired) electrons. The Hall–Kier alpha value is -1.53. The van der Waals surface area contributed by atoms with Crippen LogP contribution in [0.25, 0.3) is 0 Å². The summed E-state index contributed by atoms with van der Waals surface area (Å²) in [6.45, 7) is 15.0. The summed E-state index contributed by atoms with van der Waals surface area (Å²) in [7, 11) is -1.41. The summed E-state index contributed by atoms with van der Waals surface area (Å²) in [5.41, 5.74) is 0.956. The molecule has 0 aliphatic carbocycles. The van der Waals surface area contributed by atoms with Crippen LogP contribution in [0.15, 0.2) is 18.2 Å². The lowest BCUT2D eigenvalue weighted by Gasteiger charge is -2.38. The van der Waals surface area contributed by atoms with Gasteiger partial charge in [0, 0.05) is 0 Å². The first kappa shape index (κ1) is 21.2. The first-order valence-corrected chi connectivity index (χ1v) is 13.5. The molecule has 156 valence electrons. The molecule has 0 spiro atoms. The fourth-order valence-corrected chi connectivity index (χ4v) is 5.66. The quantitative estimate of drug-likeness (QED) is 0.481. The fourth-order valence-electron chi connectivity index (χ4n) is 3.81. The maximum atomic E-state index is 12.8. The van der Waals surface area contributed by atoms with Gasteiger partial charge in [0.15, 0.2) is 11.5 Å². The van der Waals surface area contributed by atoms with Gasteiger partial charge in [0.2, 0.25) is 6.79 Å². The molecule has 2 heterocycles. The van der Waals surface area contributed by atoms with Crippen molar-refractivity contribution in [2.45, 2.75) is 64.4 Å². The topological polar surface area (TPSA) is 54.0 Å². The molecule has 2 aliphatic heterocycles. The van der Waals surface area contributed by atoms with Crippen molar-refractivity contribution in [2.24, 2.45) is 11.8 Å². The number of hydrogen-bond donors (Lipinski definition) is 0. The average Bonchev–Trinajstić information content (AvgIpc) is 3.25. The van der Waals surface area contributed by atoms with Crippen LogP contribution in [-0.4, -0.2) is 34.0 Å². The highest BCUT2D eigenvalue weighted by Gasteiger charge is 2.45. The monoisotopic (exact) mass is 406 g/mol. The minimum absolute atomic E-state index is 0.150. The highest BCUT2D eigenvalue weighted by molar-refractivity contribution is 6.80. The Kier molecular flexibility index (Phi) is 6.10. The molecule has 3 rings (SSSR count). The molecule has 1 aromatic rings. The minimum Gasteiger partial charge on any atom is -0.466 e. The van der Waals surface area contributed by atoms with E-state index in [1.165, 1.54) is 6.04 Å². The van der Waals surface area contributed by atoms with Crippen LogP contribution in [0.1, 0.15) is 45.8 Å². The molecule has 1 aromatic carbocycles. The number of carbonyl (C=O) groups excluding carboxylic acids is 1. The van der Waals surface area contributed by atoms with Crippen LogP contribution in [0.3, 0.4) is 0 Å². The second-order valence-corrected chi connectivity index (χ2v) is 15.3. The van der Waals surface area contributed by atoms with Crippen molar-refractivity contribution in [3.63, 3.8) is 0 Å². The Balaban J connectivity index is 1.79. The smallest absolute Gasteiger partial charge is 0.312 e. The molecule has 3 unspecified atom stereocenters. The van der Waals surface area contributed by atoms with Crippen LogP contribution < -0.4 is 9.47 Å². The van der Waals surface area contributed by atoms with E-state index in [1.807, 2.05) is 25.1 Å². The van der Waals surface area contributed by atoms with E-state index in [1.54, 1.807) is 0 Å². The van der Waals surface area contributed by atoms with E-state index < -0.39 is 8.07 Å². The van der Waals surface area contributed by atoms with Crippen molar-refractivity contribution in [2.75, 3.05) is 20.0 Å². The first-order chi connectivity index (χ1) is 13.1. The van der Waals surface area contributed by atoms with Gasteiger partial charge in [-0.05, 0) is 42.0 Å². The van der Waals surface area contributed by atoms with Crippen molar-refractivity contribution in [3.8, 4) is 11.5 Å². The average molecular weight is 407 g/mol. The van der Waals surface area contributed by atoms with E-state index in [9.17, 15) is 4.79 Å². The molecular formula is C22H34O5Si. The first-order valence-electron chi connectivity index (χ1n) is 10.3. The van der Waals surface area contributed by atoms with Gasteiger partial charge >= 0.3 is 5.97 Å². The third-order valence-electron chi connectivity index (χ3n) is 6.78. The molecule has 0 saturated carbocycles. The summed E-state index contributed by atoms with van der Waals surface area (Å²) in [5.74, 6) is 1.22. The zero-order valence-electron chi connectivity index (χ0n) is 18.0. The molecule has 0 aromatic heterocycles. The van der Waals surface area contributed by atoms with Gasteiger partial charge in [-0.15, -0.1) is 0 Å². The number of esters is 1. The van der Waals surface area contributed by atoms with Crippen molar-refractivity contribution in [1.29, 1.82) is 0 Å². The van der Waals surface area contributed by atoms with E-state index in [0.717, 1.165) is 17.7 Å². The maximum Gasteiger partial charge on any atom is 0.312 e. The number of fused-ring (bicyclic) bond motifs is 1. The van der Waals surface area contributed by atoms with Gasteiger partial charge in [0.05, 0.1) is 33.3 Å². The largest absolute Gasteiger partial charge is 0.466 e. The maximum absolute atomic E-state index is 12.8. The Bertz CT molecular complexity index is 709. The molecule has 2 aliphatic rings. The molecule has 1 saturated heterocycles. The molecule has 6 heteroatoms. The zero-order chi connectivity index (χ0) is 20.5. The molecule has 3 atom stereocenters. The third-order valence-corrected chi connectivity index (χ3v) is 12.4. The SMILES string of the molecule is CCOC(=O)C1C(CC[Si](C)(C)C(C)(C)C)COC1c1ccc2c(c1)OCO2. The van der Waals surface area contributed by atoms with Gasteiger partial charge in [0.25, 0.3) is 0 Å². The lowest BCUT2D eigenvalue weighted by molar-refractivity contribution is -0.151. The van der Waals surface area contributed by atoms with Gasteiger partial charge in [0.1, 0.15) is 0 Å². The van der Waals surface area contributed by atoms with Crippen LogP contribution in [0, 0.1) is 11.8 Å². The third kappa shape index (κ3) is 4.23. The second-order valence-electron chi connectivity index (χ2n) is 9.58. The van der Waals surface area contributed by atoms with Crippen LogP contribution >= 0.6 is 0 Å². The van der Waals surface area contributed by atoms with Crippen molar-refractivity contribution >= 4 is 14.0 Å². The standard InChI is InChI=1S/C22H34O5Si/c1-7-24-21(23)19-16(10-11-28(5,6)22(2,3)4)13-25-20(19)15-8-9-17-18(12-15)27-14-26-17/h8-9,12,16,19-20H,7,10-11,13-14H2,1-6H3. The van der Waals surface area contributed by atoms with E-state index in [4.69, 9.17) is 18.9 Å². The number of hydrogen-bond acceptors (Lipinski definition) is 5. The summed E-state index contributed by atoms with van der Waals surface area (Å²) >= 11 is 0. The molecule has 0 N–H and O–H groups in total. The van der Waals surface area contributed by atoms with Gasteiger partial charge in [-0.3, -0.25) is 4.79 Å². The lowest BCUT2D eigenvalue weighted by Crippen LogP contribution is -2.38. The Morgan fingerprint density at radius 1 is 1.21 bits per heavy atom. The minimum atomic E-state index is -1.41. The summed E-state index contributed by atoms with van der Waals surface area (Å²) in [6, 6.07) is 6.98. The van der Waals surface area contributed by atoms with Crippen molar-refractivity contribution in [1.82, 2.24) is 0 Å². The number of ether oxygens (including phenoxy) is 4.